The predicted octanol–water partition coefficient (Wildman–Crippen LogP) is 3.53. The number of carbonyl (C=O) groups excluding carboxylic acids is 3. The van der Waals surface area contributed by atoms with Crippen molar-refractivity contribution < 1.29 is 14.4 Å². The molecule has 0 spiro atoms. The molecular weight excluding hydrogens is 352 g/mol. The van der Waals surface area contributed by atoms with Gasteiger partial charge in [0, 0.05) is 18.4 Å². The minimum absolute atomic E-state index is 0.0348. The van der Waals surface area contributed by atoms with Crippen LogP contribution in [0.2, 0.25) is 0 Å². The number of likely N-dealkylation sites (tertiary alicyclic amines) is 1. The fourth-order valence-electron chi connectivity index (χ4n) is 3.64. The molecule has 5 nitrogen and oxygen atoms in total. The number of aryl methyl sites for hydroxylation is 1. The minimum Gasteiger partial charge on any atom is -0.345 e. The maximum atomic E-state index is 12.8. The van der Waals surface area contributed by atoms with Gasteiger partial charge >= 0.3 is 0 Å². The summed E-state index contributed by atoms with van der Waals surface area (Å²) in [5, 5.41) is 3.18. The van der Waals surface area contributed by atoms with Gasteiger partial charge in [-0.25, -0.2) is 0 Å². The number of imide groups is 1. The van der Waals surface area contributed by atoms with Crippen molar-refractivity contribution in [1.29, 1.82) is 0 Å². The second-order valence-electron chi connectivity index (χ2n) is 7.77. The highest BCUT2D eigenvalue weighted by Crippen LogP contribution is 2.41. The molecule has 0 radical (unpaired) electrons. The lowest BCUT2D eigenvalue weighted by atomic mass is 10.0. The fraction of sp³-hybridized carbons (Fsp3) is 0.348. The molecule has 2 aliphatic rings. The van der Waals surface area contributed by atoms with Gasteiger partial charge in [0.2, 0.25) is 11.8 Å². The van der Waals surface area contributed by atoms with Crippen LogP contribution in [0.5, 0.6) is 0 Å². The molecule has 28 heavy (non-hydrogen) atoms. The van der Waals surface area contributed by atoms with E-state index in [-0.39, 0.29) is 30.3 Å². The third-order valence-electron chi connectivity index (χ3n) is 5.53. The van der Waals surface area contributed by atoms with Crippen molar-refractivity contribution in [2.45, 2.75) is 45.2 Å². The summed E-state index contributed by atoms with van der Waals surface area (Å²) in [5.74, 6) is 0.143. The highest BCUT2D eigenvalue weighted by Gasteiger charge is 2.33. The van der Waals surface area contributed by atoms with Gasteiger partial charge in [-0.2, -0.15) is 0 Å². The minimum atomic E-state index is -0.128. The number of nitrogens with one attached hydrogen (secondary N) is 1. The summed E-state index contributed by atoms with van der Waals surface area (Å²) in [5.41, 5.74) is 3.78. The Labute approximate surface area is 164 Å². The van der Waals surface area contributed by atoms with Gasteiger partial charge in [-0.1, -0.05) is 42.0 Å². The number of benzene rings is 2. The van der Waals surface area contributed by atoms with Crippen LogP contribution in [-0.4, -0.2) is 22.6 Å². The molecule has 0 bridgehead atoms. The van der Waals surface area contributed by atoms with Gasteiger partial charge in [-0.3, -0.25) is 19.3 Å². The van der Waals surface area contributed by atoms with E-state index in [4.69, 9.17) is 0 Å². The Morgan fingerprint density at radius 2 is 1.61 bits per heavy atom. The van der Waals surface area contributed by atoms with Gasteiger partial charge in [0.1, 0.15) is 0 Å². The Morgan fingerprint density at radius 3 is 2.18 bits per heavy atom. The maximum absolute atomic E-state index is 12.8. The van der Waals surface area contributed by atoms with Crippen LogP contribution in [0.25, 0.3) is 0 Å². The molecule has 1 aliphatic heterocycles. The highest BCUT2D eigenvalue weighted by molar-refractivity contribution is 6.01. The summed E-state index contributed by atoms with van der Waals surface area (Å²) >= 11 is 0. The molecule has 1 saturated carbocycles. The normalized spacial score (nSPS) is 17.7. The van der Waals surface area contributed by atoms with E-state index in [1.165, 1.54) is 10.5 Å². The van der Waals surface area contributed by atoms with Crippen LogP contribution in [0.15, 0.2) is 48.5 Å². The first-order valence-electron chi connectivity index (χ1n) is 9.81. The fourth-order valence-corrected chi connectivity index (χ4v) is 3.64. The van der Waals surface area contributed by atoms with E-state index < -0.39 is 0 Å². The number of hydrogen-bond acceptors (Lipinski definition) is 3. The van der Waals surface area contributed by atoms with Crippen LogP contribution >= 0.6 is 0 Å². The quantitative estimate of drug-likeness (QED) is 0.785. The zero-order chi connectivity index (χ0) is 19.7. The third kappa shape index (κ3) is 3.98. The molecule has 5 heteroatoms. The van der Waals surface area contributed by atoms with E-state index in [0.29, 0.717) is 24.3 Å². The topological polar surface area (TPSA) is 66.5 Å². The second kappa shape index (κ2) is 7.58. The van der Waals surface area contributed by atoms with Gasteiger partial charge in [-0.15, -0.1) is 0 Å². The first-order valence-corrected chi connectivity index (χ1v) is 9.81. The zero-order valence-corrected chi connectivity index (χ0v) is 16.0. The van der Waals surface area contributed by atoms with Gasteiger partial charge in [-0.05, 0) is 48.9 Å². The molecule has 0 aromatic heterocycles. The summed E-state index contributed by atoms with van der Waals surface area (Å²) in [7, 11) is 0. The highest BCUT2D eigenvalue weighted by atomic mass is 16.2. The molecule has 1 aliphatic carbocycles. The molecule has 3 amide bonds. The SMILES string of the molecule is Cc1ccc(C(NC(=O)c2ccc(CN3C(=O)CCC3=O)cc2)C2CC2)cc1. The van der Waals surface area contributed by atoms with Gasteiger partial charge < -0.3 is 5.32 Å². The first kappa shape index (κ1) is 18.4. The Kier molecular flexibility index (Phi) is 4.99. The van der Waals surface area contributed by atoms with Crippen LogP contribution < -0.4 is 5.32 Å². The van der Waals surface area contributed by atoms with E-state index in [1.807, 2.05) is 12.1 Å². The Balaban J connectivity index is 1.43. The van der Waals surface area contributed by atoms with Crippen molar-refractivity contribution in [3.63, 3.8) is 0 Å². The molecule has 1 heterocycles. The lowest BCUT2D eigenvalue weighted by molar-refractivity contribution is -0.139. The zero-order valence-electron chi connectivity index (χ0n) is 16.0. The first-order chi connectivity index (χ1) is 13.5. The molecule has 1 N–H and O–H groups in total. The van der Waals surface area contributed by atoms with E-state index in [0.717, 1.165) is 24.0 Å². The van der Waals surface area contributed by atoms with Crippen molar-refractivity contribution in [3.05, 3.63) is 70.8 Å². The lowest BCUT2D eigenvalue weighted by Gasteiger charge is -2.19. The number of nitrogens with zero attached hydrogens (tertiary/aromatic N) is 1. The monoisotopic (exact) mass is 376 g/mol. The molecular formula is C23H24N2O3. The summed E-state index contributed by atoms with van der Waals surface area (Å²) in [6.45, 7) is 2.33. The standard InChI is InChI=1S/C23H24N2O3/c1-15-2-6-17(7-3-15)22(18-10-11-18)24-23(28)19-8-4-16(5-9-19)14-25-20(26)12-13-21(25)27/h2-9,18,22H,10-14H2,1H3,(H,24,28). The summed E-state index contributed by atoms with van der Waals surface area (Å²) in [4.78, 5) is 37.5. The van der Waals surface area contributed by atoms with Crippen molar-refractivity contribution in [2.24, 2.45) is 5.92 Å². The average Bonchev–Trinajstić information content (AvgIpc) is 3.49. The van der Waals surface area contributed by atoms with Crippen LogP contribution in [0.1, 0.15) is 58.8 Å². The van der Waals surface area contributed by atoms with Crippen LogP contribution in [0.3, 0.4) is 0 Å². The third-order valence-corrected chi connectivity index (χ3v) is 5.53. The molecule has 2 aromatic carbocycles. The van der Waals surface area contributed by atoms with E-state index in [1.54, 1.807) is 12.1 Å². The smallest absolute Gasteiger partial charge is 0.251 e. The van der Waals surface area contributed by atoms with Crippen molar-refractivity contribution in [1.82, 2.24) is 10.2 Å². The van der Waals surface area contributed by atoms with E-state index in [2.05, 4.69) is 36.5 Å². The molecule has 144 valence electrons. The molecule has 2 fully saturated rings. The van der Waals surface area contributed by atoms with Crippen molar-refractivity contribution in [2.75, 3.05) is 0 Å². The second-order valence-corrected chi connectivity index (χ2v) is 7.77. The summed E-state index contributed by atoms with van der Waals surface area (Å²) in [6.07, 6.45) is 2.85. The van der Waals surface area contributed by atoms with E-state index >= 15 is 0 Å². The van der Waals surface area contributed by atoms with Crippen molar-refractivity contribution in [3.8, 4) is 0 Å². The summed E-state index contributed by atoms with van der Waals surface area (Å²) < 4.78 is 0. The molecule has 1 saturated heterocycles. The molecule has 2 aromatic rings. The van der Waals surface area contributed by atoms with Crippen LogP contribution in [0.4, 0.5) is 0 Å². The number of hydrogen-bond donors (Lipinski definition) is 1. The predicted molar refractivity (Wildman–Crippen MR) is 105 cm³/mol. The number of rotatable bonds is 6. The van der Waals surface area contributed by atoms with Crippen LogP contribution in [0, 0.1) is 12.8 Å². The summed E-state index contributed by atoms with van der Waals surface area (Å²) in [6, 6.07) is 15.5. The van der Waals surface area contributed by atoms with Gasteiger partial charge in [0.05, 0.1) is 12.6 Å². The Bertz CT molecular complexity index is 882. The Morgan fingerprint density at radius 1 is 1.00 bits per heavy atom. The van der Waals surface area contributed by atoms with Gasteiger partial charge in [0.15, 0.2) is 0 Å². The largest absolute Gasteiger partial charge is 0.345 e. The van der Waals surface area contributed by atoms with E-state index in [9.17, 15) is 14.4 Å². The molecule has 4 rings (SSSR count). The maximum Gasteiger partial charge on any atom is 0.251 e. The average molecular weight is 376 g/mol. The molecule has 1 unspecified atom stereocenters. The van der Waals surface area contributed by atoms with Gasteiger partial charge in [0.25, 0.3) is 5.91 Å². The van der Waals surface area contributed by atoms with Crippen molar-refractivity contribution >= 4 is 17.7 Å². The van der Waals surface area contributed by atoms with Crippen LogP contribution in [-0.2, 0) is 16.1 Å². The lowest BCUT2D eigenvalue weighted by Crippen LogP contribution is -2.30. The number of carbonyl (C=O) groups is 3. The number of amides is 3. The molecule has 1 atom stereocenters. The Hall–Kier alpha value is -2.95.